The lowest BCUT2D eigenvalue weighted by Gasteiger charge is -2.33. The van der Waals surface area contributed by atoms with E-state index in [1.54, 1.807) is 33.0 Å². The molecule has 0 aliphatic heterocycles. The number of H-pyrrole nitrogens is 1. The molecule has 0 unspecified atom stereocenters. The summed E-state index contributed by atoms with van der Waals surface area (Å²) in [6, 6.07) is 13.1. The SMILES string of the molecule is CC(C)(C)OC(=O)N(Cc1ccccc1)[C@@H](Cc1cnc[nH]1)C(=O)NCCc1ccc(O)c(O)c1. The van der Waals surface area contributed by atoms with Crippen molar-refractivity contribution in [1.82, 2.24) is 20.2 Å². The number of aromatic nitrogens is 2. The largest absolute Gasteiger partial charge is 0.504 e. The fraction of sp³-hybridized carbons (Fsp3) is 0.346. The number of aromatic amines is 1. The Morgan fingerprint density at radius 3 is 2.46 bits per heavy atom. The maximum Gasteiger partial charge on any atom is 0.411 e. The van der Waals surface area contributed by atoms with E-state index in [1.807, 2.05) is 30.3 Å². The van der Waals surface area contributed by atoms with Gasteiger partial charge in [-0.05, 0) is 50.5 Å². The number of carbonyl (C=O) groups excluding carboxylic acids is 2. The van der Waals surface area contributed by atoms with Crippen LogP contribution in [-0.2, 0) is 28.9 Å². The molecule has 3 aromatic rings. The molecule has 0 fully saturated rings. The van der Waals surface area contributed by atoms with E-state index in [1.165, 1.54) is 23.4 Å². The molecule has 0 saturated heterocycles. The van der Waals surface area contributed by atoms with E-state index < -0.39 is 17.7 Å². The lowest BCUT2D eigenvalue weighted by atomic mass is 10.1. The molecule has 0 spiro atoms. The number of ether oxygens (including phenoxy) is 1. The third-order valence-corrected chi connectivity index (χ3v) is 5.22. The number of rotatable bonds is 9. The maximum absolute atomic E-state index is 13.4. The molecule has 3 rings (SSSR count). The summed E-state index contributed by atoms with van der Waals surface area (Å²) in [7, 11) is 0. The van der Waals surface area contributed by atoms with Gasteiger partial charge in [-0.15, -0.1) is 0 Å². The molecule has 1 atom stereocenters. The first-order valence-electron chi connectivity index (χ1n) is 11.4. The fourth-order valence-corrected chi connectivity index (χ4v) is 3.52. The van der Waals surface area contributed by atoms with E-state index in [0.717, 1.165) is 11.1 Å². The van der Waals surface area contributed by atoms with Crippen LogP contribution in [0.25, 0.3) is 0 Å². The standard InChI is InChI=1S/C26H32N4O5/c1-26(2,3)35-25(34)30(16-19-7-5-4-6-8-19)21(14-20-15-27-17-29-20)24(33)28-12-11-18-9-10-22(31)23(32)13-18/h4-10,13,15,17,21,31-32H,11-12,14,16H2,1-3H3,(H,27,29)(H,28,33)/t21-/m0/s1. The van der Waals surface area contributed by atoms with Crippen molar-refractivity contribution in [1.29, 1.82) is 0 Å². The molecule has 186 valence electrons. The topological polar surface area (TPSA) is 128 Å². The quantitative estimate of drug-likeness (QED) is 0.347. The second-order valence-corrected chi connectivity index (χ2v) is 9.25. The Kier molecular flexibility index (Phi) is 8.35. The number of nitrogens with one attached hydrogen (secondary N) is 2. The average molecular weight is 481 g/mol. The van der Waals surface area contributed by atoms with Crippen LogP contribution >= 0.6 is 0 Å². The van der Waals surface area contributed by atoms with Crippen LogP contribution in [0.15, 0.2) is 61.1 Å². The van der Waals surface area contributed by atoms with Gasteiger partial charge >= 0.3 is 6.09 Å². The Morgan fingerprint density at radius 2 is 1.83 bits per heavy atom. The van der Waals surface area contributed by atoms with Crippen LogP contribution in [0.4, 0.5) is 4.79 Å². The zero-order chi connectivity index (χ0) is 25.4. The molecule has 2 aromatic carbocycles. The molecule has 9 nitrogen and oxygen atoms in total. The first-order chi connectivity index (χ1) is 16.6. The van der Waals surface area contributed by atoms with Crippen molar-refractivity contribution in [3.63, 3.8) is 0 Å². The van der Waals surface area contributed by atoms with Gasteiger partial charge in [-0.3, -0.25) is 9.69 Å². The fourth-order valence-electron chi connectivity index (χ4n) is 3.52. The van der Waals surface area contributed by atoms with Crippen LogP contribution in [0.2, 0.25) is 0 Å². The molecule has 4 N–H and O–H groups in total. The maximum atomic E-state index is 13.4. The Labute approximate surface area is 204 Å². The number of carbonyl (C=O) groups is 2. The molecule has 0 bridgehead atoms. The molecule has 2 amide bonds. The summed E-state index contributed by atoms with van der Waals surface area (Å²) in [5.74, 6) is -0.763. The van der Waals surface area contributed by atoms with Crippen LogP contribution in [0.1, 0.15) is 37.6 Å². The number of hydrogen-bond donors (Lipinski definition) is 4. The molecular formula is C26H32N4O5. The Morgan fingerprint density at radius 1 is 1.09 bits per heavy atom. The Bertz CT molecular complexity index is 1110. The minimum absolute atomic E-state index is 0.188. The second kappa shape index (κ2) is 11.4. The average Bonchev–Trinajstić information content (AvgIpc) is 3.31. The van der Waals surface area contributed by atoms with Gasteiger partial charge in [0.2, 0.25) is 5.91 Å². The predicted molar refractivity (Wildman–Crippen MR) is 131 cm³/mol. The van der Waals surface area contributed by atoms with Gasteiger partial charge in [0.1, 0.15) is 11.6 Å². The summed E-state index contributed by atoms with van der Waals surface area (Å²) in [5, 5.41) is 22.1. The van der Waals surface area contributed by atoms with E-state index in [0.29, 0.717) is 12.1 Å². The van der Waals surface area contributed by atoms with Crippen LogP contribution < -0.4 is 5.32 Å². The van der Waals surface area contributed by atoms with E-state index in [-0.39, 0.29) is 36.9 Å². The van der Waals surface area contributed by atoms with Gasteiger partial charge in [0.15, 0.2) is 11.5 Å². The third kappa shape index (κ3) is 7.77. The summed E-state index contributed by atoms with van der Waals surface area (Å²) >= 11 is 0. The van der Waals surface area contributed by atoms with Gasteiger partial charge in [-0.2, -0.15) is 0 Å². The summed E-state index contributed by atoms with van der Waals surface area (Å²) in [6.45, 7) is 5.80. The van der Waals surface area contributed by atoms with Crippen molar-refractivity contribution in [3.8, 4) is 11.5 Å². The second-order valence-electron chi connectivity index (χ2n) is 9.25. The van der Waals surface area contributed by atoms with Gasteiger partial charge in [-0.1, -0.05) is 36.4 Å². The molecule has 0 saturated carbocycles. The number of nitrogens with zero attached hydrogens (tertiary/aromatic N) is 2. The van der Waals surface area contributed by atoms with Crippen molar-refractivity contribution in [2.24, 2.45) is 0 Å². The van der Waals surface area contributed by atoms with Crippen LogP contribution in [0, 0.1) is 0 Å². The van der Waals surface area contributed by atoms with Crippen molar-refractivity contribution in [3.05, 3.63) is 77.9 Å². The minimum atomic E-state index is -0.862. The zero-order valence-corrected chi connectivity index (χ0v) is 20.2. The number of hydrogen-bond acceptors (Lipinski definition) is 6. The van der Waals surface area contributed by atoms with E-state index >= 15 is 0 Å². The summed E-state index contributed by atoms with van der Waals surface area (Å²) in [5.41, 5.74) is 1.58. The molecule has 0 aliphatic carbocycles. The van der Waals surface area contributed by atoms with Crippen molar-refractivity contribution in [2.45, 2.75) is 51.8 Å². The zero-order valence-electron chi connectivity index (χ0n) is 20.2. The number of benzene rings is 2. The highest BCUT2D eigenvalue weighted by molar-refractivity contribution is 5.86. The Balaban J connectivity index is 1.81. The first kappa shape index (κ1) is 25.6. The van der Waals surface area contributed by atoms with Gasteiger partial charge in [-0.25, -0.2) is 9.78 Å². The van der Waals surface area contributed by atoms with Crippen molar-refractivity contribution in [2.75, 3.05) is 6.54 Å². The summed E-state index contributed by atoms with van der Waals surface area (Å²) in [6.07, 6.45) is 3.20. The number of phenols is 2. The van der Waals surface area contributed by atoms with E-state index in [4.69, 9.17) is 4.74 Å². The molecule has 35 heavy (non-hydrogen) atoms. The van der Waals surface area contributed by atoms with Crippen LogP contribution in [-0.4, -0.2) is 55.3 Å². The molecule has 0 aliphatic rings. The van der Waals surface area contributed by atoms with Gasteiger partial charge < -0.3 is 25.3 Å². The summed E-state index contributed by atoms with van der Waals surface area (Å²) < 4.78 is 5.65. The van der Waals surface area contributed by atoms with Gasteiger partial charge in [0, 0.05) is 31.4 Å². The number of aromatic hydroxyl groups is 2. The number of phenolic OH excluding ortho intramolecular Hbond substituents is 2. The highest BCUT2D eigenvalue weighted by Crippen LogP contribution is 2.25. The van der Waals surface area contributed by atoms with Crippen molar-refractivity contribution < 1.29 is 24.5 Å². The number of imidazole rings is 1. The molecule has 0 radical (unpaired) electrons. The van der Waals surface area contributed by atoms with Crippen LogP contribution in [0.3, 0.4) is 0 Å². The molecule has 1 heterocycles. The van der Waals surface area contributed by atoms with Gasteiger partial charge in [0.05, 0.1) is 6.33 Å². The highest BCUT2D eigenvalue weighted by Gasteiger charge is 2.33. The molecule has 9 heteroatoms. The number of amides is 2. The smallest absolute Gasteiger partial charge is 0.411 e. The minimum Gasteiger partial charge on any atom is -0.504 e. The third-order valence-electron chi connectivity index (χ3n) is 5.22. The van der Waals surface area contributed by atoms with E-state index in [9.17, 15) is 19.8 Å². The molecular weight excluding hydrogens is 448 g/mol. The monoisotopic (exact) mass is 480 g/mol. The van der Waals surface area contributed by atoms with Crippen LogP contribution in [0.5, 0.6) is 11.5 Å². The first-order valence-corrected chi connectivity index (χ1v) is 11.4. The molecule has 1 aromatic heterocycles. The normalized spacial score (nSPS) is 12.1. The van der Waals surface area contributed by atoms with E-state index in [2.05, 4.69) is 15.3 Å². The van der Waals surface area contributed by atoms with Gasteiger partial charge in [0.25, 0.3) is 0 Å². The predicted octanol–water partition coefficient (Wildman–Crippen LogP) is 3.53. The Hall–Kier alpha value is -4.01. The van der Waals surface area contributed by atoms with Crippen molar-refractivity contribution >= 4 is 12.0 Å². The lowest BCUT2D eigenvalue weighted by molar-refractivity contribution is -0.126. The highest BCUT2D eigenvalue weighted by atomic mass is 16.6. The summed E-state index contributed by atoms with van der Waals surface area (Å²) in [4.78, 5) is 35.1. The lowest BCUT2D eigenvalue weighted by Crippen LogP contribution is -2.52.